The lowest BCUT2D eigenvalue weighted by Gasteiger charge is -2.27. The summed E-state index contributed by atoms with van der Waals surface area (Å²) in [5.41, 5.74) is 0. The molecule has 100 valence electrons. The highest BCUT2D eigenvalue weighted by molar-refractivity contribution is 5.01. The molecule has 1 saturated carbocycles. The van der Waals surface area contributed by atoms with E-state index in [9.17, 15) is 0 Å². The first-order chi connectivity index (χ1) is 8.81. The Morgan fingerprint density at radius 2 is 2.33 bits per heavy atom. The van der Waals surface area contributed by atoms with Crippen LogP contribution in [0.4, 0.5) is 0 Å². The first-order valence-corrected chi connectivity index (χ1v) is 6.64. The zero-order chi connectivity index (χ0) is 12.4. The van der Waals surface area contributed by atoms with E-state index in [0.29, 0.717) is 5.92 Å². The second-order valence-corrected chi connectivity index (χ2v) is 5.22. The average molecular weight is 252 g/mol. The van der Waals surface area contributed by atoms with E-state index in [1.165, 1.54) is 12.8 Å². The van der Waals surface area contributed by atoms with Crippen molar-refractivity contribution in [3.63, 3.8) is 0 Å². The van der Waals surface area contributed by atoms with E-state index in [1.807, 2.05) is 0 Å². The fourth-order valence-corrected chi connectivity index (χ4v) is 2.22. The molecule has 1 aliphatic heterocycles. The Morgan fingerprint density at radius 3 is 3.06 bits per heavy atom. The Bertz CT molecular complexity index is 385. The molecule has 1 unspecified atom stereocenters. The molecule has 1 N–H and O–H groups in total. The minimum atomic E-state index is 0.263. The Morgan fingerprint density at radius 1 is 1.44 bits per heavy atom. The monoisotopic (exact) mass is 252 g/mol. The molecule has 2 heterocycles. The number of hydrogen-bond acceptors (Lipinski definition) is 6. The highest BCUT2D eigenvalue weighted by atomic mass is 16.5. The van der Waals surface area contributed by atoms with E-state index >= 15 is 0 Å². The molecule has 6 heteroatoms. The highest BCUT2D eigenvalue weighted by Crippen LogP contribution is 2.38. The molecule has 3 rings (SSSR count). The minimum absolute atomic E-state index is 0.263. The second kappa shape index (κ2) is 5.34. The quantitative estimate of drug-likeness (QED) is 0.816. The molecule has 2 aliphatic rings. The van der Waals surface area contributed by atoms with E-state index in [-0.39, 0.29) is 6.10 Å². The molecule has 1 atom stereocenters. The summed E-state index contributed by atoms with van der Waals surface area (Å²) in [6.45, 7) is 4.28. The van der Waals surface area contributed by atoms with E-state index in [0.717, 1.165) is 44.5 Å². The maximum Gasteiger partial charge on any atom is 0.229 e. The number of rotatable bonds is 5. The van der Waals surface area contributed by atoms with Crippen molar-refractivity contribution >= 4 is 0 Å². The van der Waals surface area contributed by atoms with Crippen LogP contribution in [0.3, 0.4) is 0 Å². The molecule has 2 fully saturated rings. The van der Waals surface area contributed by atoms with Gasteiger partial charge in [0.2, 0.25) is 5.89 Å². The van der Waals surface area contributed by atoms with Crippen LogP contribution in [-0.2, 0) is 11.3 Å². The van der Waals surface area contributed by atoms with Gasteiger partial charge in [-0.3, -0.25) is 4.90 Å². The zero-order valence-corrected chi connectivity index (χ0v) is 10.8. The number of nitrogens with one attached hydrogen (secondary N) is 1. The molecule has 1 aromatic rings. The Labute approximate surface area is 107 Å². The zero-order valence-electron chi connectivity index (χ0n) is 10.8. The molecule has 1 aliphatic carbocycles. The van der Waals surface area contributed by atoms with Crippen LogP contribution >= 0.6 is 0 Å². The van der Waals surface area contributed by atoms with Gasteiger partial charge < -0.3 is 14.6 Å². The fourth-order valence-electron chi connectivity index (χ4n) is 2.22. The Kier molecular flexibility index (Phi) is 3.58. The van der Waals surface area contributed by atoms with Gasteiger partial charge in [-0.05, 0) is 19.9 Å². The van der Waals surface area contributed by atoms with Crippen LogP contribution in [0.25, 0.3) is 0 Å². The molecule has 6 nitrogen and oxygen atoms in total. The van der Waals surface area contributed by atoms with Gasteiger partial charge in [0.25, 0.3) is 0 Å². The Balaban J connectivity index is 1.48. The number of morpholine rings is 1. The SMILES string of the molecule is CN(Cc1noc(C2CC2)n1)CC1CNCCO1. The van der Waals surface area contributed by atoms with Gasteiger partial charge in [-0.25, -0.2) is 0 Å². The summed E-state index contributed by atoms with van der Waals surface area (Å²) in [4.78, 5) is 6.61. The summed E-state index contributed by atoms with van der Waals surface area (Å²) in [5, 5.41) is 7.36. The third-order valence-electron chi connectivity index (χ3n) is 3.34. The van der Waals surface area contributed by atoms with Crippen molar-refractivity contribution in [2.75, 3.05) is 33.3 Å². The predicted molar refractivity (Wildman–Crippen MR) is 65.2 cm³/mol. The standard InChI is InChI=1S/C12H20N4O2/c1-16(7-10-6-13-4-5-17-10)8-11-14-12(18-15-11)9-2-3-9/h9-10,13H,2-8H2,1H3. The topological polar surface area (TPSA) is 63.4 Å². The molecule has 18 heavy (non-hydrogen) atoms. The second-order valence-electron chi connectivity index (χ2n) is 5.22. The van der Waals surface area contributed by atoms with Gasteiger partial charge in [-0.2, -0.15) is 4.98 Å². The maximum atomic E-state index is 5.67. The summed E-state index contributed by atoms with van der Waals surface area (Å²) in [7, 11) is 2.06. The number of likely N-dealkylation sites (N-methyl/N-ethyl adjacent to an activating group) is 1. The third-order valence-corrected chi connectivity index (χ3v) is 3.34. The summed E-state index contributed by atoms with van der Waals surface area (Å²) in [5.74, 6) is 2.12. The number of nitrogens with zero attached hydrogens (tertiary/aromatic N) is 3. The molecular formula is C12H20N4O2. The molecule has 1 aromatic heterocycles. The van der Waals surface area contributed by atoms with Crippen molar-refractivity contribution in [1.82, 2.24) is 20.4 Å². The first-order valence-electron chi connectivity index (χ1n) is 6.64. The number of aromatic nitrogens is 2. The van der Waals surface area contributed by atoms with E-state index in [1.54, 1.807) is 0 Å². The molecular weight excluding hydrogens is 232 g/mol. The number of ether oxygens (including phenoxy) is 1. The molecule has 0 amide bonds. The van der Waals surface area contributed by atoms with Crippen molar-refractivity contribution in [3.05, 3.63) is 11.7 Å². The molecule has 0 bridgehead atoms. The van der Waals surface area contributed by atoms with Crippen LogP contribution in [0.1, 0.15) is 30.5 Å². The molecule has 1 saturated heterocycles. The minimum Gasteiger partial charge on any atom is -0.374 e. The summed E-state index contributed by atoms with van der Waals surface area (Å²) in [6.07, 6.45) is 2.65. The smallest absolute Gasteiger partial charge is 0.229 e. The van der Waals surface area contributed by atoms with E-state index in [2.05, 4.69) is 27.4 Å². The van der Waals surface area contributed by atoms with Gasteiger partial charge in [0.05, 0.1) is 19.3 Å². The molecule has 0 aromatic carbocycles. The van der Waals surface area contributed by atoms with Crippen LogP contribution in [0.5, 0.6) is 0 Å². The Hall–Kier alpha value is -0.980. The van der Waals surface area contributed by atoms with Crippen LogP contribution in [0, 0.1) is 0 Å². The lowest BCUT2D eigenvalue weighted by atomic mass is 10.3. The average Bonchev–Trinajstić information content (AvgIpc) is 3.12. The van der Waals surface area contributed by atoms with Gasteiger partial charge in [-0.1, -0.05) is 5.16 Å². The molecule has 0 radical (unpaired) electrons. The first kappa shape index (κ1) is 12.1. The van der Waals surface area contributed by atoms with Crippen LogP contribution in [-0.4, -0.2) is 54.4 Å². The third kappa shape index (κ3) is 3.07. The maximum absolute atomic E-state index is 5.67. The predicted octanol–water partition coefficient (Wildman–Crippen LogP) is 0.367. The molecule has 0 spiro atoms. The highest BCUT2D eigenvalue weighted by Gasteiger charge is 2.29. The van der Waals surface area contributed by atoms with Gasteiger partial charge in [-0.15, -0.1) is 0 Å². The van der Waals surface area contributed by atoms with Crippen molar-refractivity contribution in [1.29, 1.82) is 0 Å². The lowest BCUT2D eigenvalue weighted by molar-refractivity contribution is 0.00840. The van der Waals surface area contributed by atoms with Crippen LogP contribution in [0.15, 0.2) is 4.52 Å². The van der Waals surface area contributed by atoms with Gasteiger partial charge >= 0.3 is 0 Å². The van der Waals surface area contributed by atoms with Crippen molar-refractivity contribution in [3.8, 4) is 0 Å². The summed E-state index contributed by atoms with van der Waals surface area (Å²) >= 11 is 0. The van der Waals surface area contributed by atoms with Gasteiger partial charge in [0.1, 0.15) is 0 Å². The van der Waals surface area contributed by atoms with Crippen molar-refractivity contribution in [2.45, 2.75) is 31.4 Å². The van der Waals surface area contributed by atoms with Gasteiger partial charge in [0.15, 0.2) is 5.82 Å². The van der Waals surface area contributed by atoms with Crippen molar-refractivity contribution in [2.24, 2.45) is 0 Å². The van der Waals surface area contributed by atoms with Crippen LogP contribution < -0.4 is 5.32 Å². The fraction of sp³-hybridized carbons (Fsp3) is 0.833. The van der Waals surface area contributed by atoms with Crippen LogP contribution in [0.2, 0.25) is 0 Å². The van der Waals surface area contributed by atoms with Crippen molar-refractivity contribution < 1.29 is 9.26 Å². The van der Waals surface area contributed by atoms with E-state index < -0.39 is 0 Å². The number of hydrogen-bond donors (Lipinski definition) is 1. The van der Waals surface area contributed by atoms with E-state index in [4.69, 9.17) is 9.26 Å². The van der Waals surface area contributed by atoms with Gasteiger partial charge in [0, 0.05) is 25.6 Å². The normalized spacial score (nSPS) is 24.7. The largest absolute Gasteiger partial charge is 0.374 e. The lowest BCUT2D eigenvalue weighted by Crippen LogP contribution is -2.44. The summed E-state index contributed by atoms with van der Waals surface area (Å²) in [6, 6.07) is 0. The summed E-state index contributed by atoms with van der Waals surface area (Å²) < 4.78 is 10.9.